The number of aryl methyl sites for hydroxylation is 2. The van der Waals surface area contributed by atoms with Crippen LogP contribution in [-0.2, 0) is 24.1 Å². The summed E-state index contributed by atoms with van der Waals surface area (Å²) in [6, 6.07) is 5.85. The van der Waals surface area contributed by atoms with E-state index in [1.807, 2.05) is 6.92 Å². The first-order valence-electron chi connectivity index (χ1n) is 19.7. The van der Waals surface area contributed by atoms with Crippen LogP contribution in [0.4, 0.5) is 17.6 Å². The Morgan fingerprint density at radius 1 is 0.839 bits per heavy atom. The summed E-state index contributed by atoms with van der Waals surface area (Å²) in [4.78, 5) is 78.9. The van der Waals surface area contributed by atoms with Gasteiger partial charge in [-0.1, -0.05) is 12.1 Å². The Morgan fingerprint density at radius 3 is 1.95 bits per heavy atom. The smallest absolute Gasteiger partial charge is 0.279 e. The van der Waals surface area contributed by atoms with E-state index < -0.39 is 57.5 Å². The summed E-state index contributed by atoms with van der Waals surface area (Å²) < 4.78 is 74.2. The molecule has 1 N–H and O–H groups in total. The molecule has 7 rings (SSSR count). The molecule has 0 unspecified atom stereocenters. The SMILES string of the molecule is COc1c(=O)c(C(=O)CCc2ccc(F)cc2F)cn2ccn([C@H](C)CCO)c(=O)c12.COc1c2n(cc(C(=O)CCc3ccc(F)cc3F)c1=O)C[C@@H]1OCC[C@@H](C)N1C2=O. The Bertz CT molecular complexity index is 2730. The number of hydrogen-bond acceptors (Lipinski definition) is 10. The topological polar surface area (TPSA) is 168 Å². The lowest BCUT2D eigenvalue weighted by Crippen LogP contribution is -2.57. The molecule has 5 aromatic rings. The fourth-order valence-corrected chi connectivity index (χ4v) is 7.58. The summed E-state index contributed by atoms with van der Waals surface area (Å²) in [7, 11) is 2.50. The van der Waals surface area contributed by atoms with Crippen LogP contribution in [0.25, 0.3) is 5.52 Å². The number of aromatic nitrogens is 3. The molecule has 0 bridgehead atoms. The first kappa shape index (κ1) is 45.1. The molecule has 14 nitrogen and oxygen atoms in total. The maximum absolute atomic E-state index is 13.9. The number of carbonyl (C=O) groups is 3. The van der Waals surface area contributed by atoms with Gasteiger partial charge in [0.1, 0.15) is 23.3 Å². The molecule has 3 atom stereocenters. The van der Waals surface area contributed by atoms with E-state index in [9.17, 15) is 46.3 Å². The second-order valence-corrected chi connectivity index (χ2v) is 14.9. The van der Waals surface area contributed by atoms with Crippen molar-refractivity contribution < 1.29 is 51.3 Å². The van der Waals surface area contributed by atoms with E-state index in [1.54, 1.807) is 11.8 Å². The number of aliphatic hydroxyl groups is 1. The molecular weight excluding hydrogens is 820 g/mol. The number of ketones is 2. The number of halogens is 4. The highest BCUT2D eigenvalue weighted by Crippen LogP contribution is 2.30. The summed E-state index contributed by atoms with van der Waals surface area (Å²) in [5.74, 6) is -4.86. The number of amides is 1. The summed E-state index contributed by atoms with van der Waals surface area (Å²) >= 11 is 0. The van der Waals surface area contributed by atoms with Crippen molar-refractivity contribution in [3.63, 3.8) is 0 Å². The van der Waals surface area contributed by atoms with Crippen LogP contribution in [0, 0.1) is 23.3 Å². The Balaban J connectivity index is 0.000000207. The molecule has 2 aliphatic heterocycles. The van der Waals surface area contributed by atoms with Crippen LogP contribution in [0.2, 0.25) is 0 Å². The van der Waals surface area contributed by atoms with Gasteiger partial charge in [-0.2, -0.15) is 0 Å². The van der Waals surface area contributed by atoms with E-state index in [0.717, 1.165) is 24.3 Å². The van der Waals surface area contributed by atoms with Gasteiger partial charge in [0.25, 0.3) is 11.5 Å². The minimum absolute atomic E-state index is 0.00438. The summed E-state index contributed by atoms with van der Waals surface area (Å²) in [5, 5.41) is 9.13. The molecule has 0 radical (unpaired) electrons. The van der Waals surface area contributed by atoms with Crippen LogP contribution in [0.15, 0.2) is 75.6 Å². The van der Waals surface area contributed by atoms with E-state index in [1.165, 1.54) is 64.7 Å². The standard InChI is InChI=1S/2C22H22F2N2O5/c1-12-7-8-31-18-11-25-10-15(20(28)21(30-2)19(25)22(29)26(12)18)17(27)6-4-13-3-5-14(23)9-16(13)24;1-13(7-10-27)26-9-8-25-12-16(20(29)21(31-2)19(25)22(26)30)18(28)6-4-14-3-5-15(23)11-17(14)24/h3,5,9-10,12,18H,4,6-8,11H2,1-2H3;3,5,8-9,11-13,27H,4,6-7,10H2,1-2H3/t12-,18+;13-/m11/s1. The van der Waals surface area contributed by atoms with Crippen LogP contribution in [0.1, 0.15) is 87.9 Å². The van der Waals surface area contributed by atoms with Crippen LogP contribution in [-0.4, -0.2) is 80.7 Å². The van der Waals surface area contributed by atoms with E-state index in [4.69, 9.17) is 19.3 Å². The lowest BCUT2D eigenvalue weighted by atomic mass is 10.0. The predicted molar refractivity (Wildman–Crippen MR) is 216 cm³/mol. The molecule has 0 spiro atoms. The molecule has 328 valence electrons. The number of fused-ring (bicyclic) bond motifs is 3. The number of rotatable bonds is 13. The Hall–Kier alpha value is -6.40. The highest BCUT2D eigenvalue weighted by atomic mass is 19.1. The minimum Gasteiger partial charge on any atom is -0.491 e. The number of Topliss-reactive ketones (excluding diaryl/α,β-unsaturated/α-hetero) is 2. The number of methoxy groups -OCH3 is 2. The van der Waals surface area contributed by atoms with E-state index >= 15 is 0 Å². The molecule has 0 aliphatic carbocycles. The average Bonchev–Trinajstić information content (AvgIpc) is 3.23. The third-order valence-corrected chi connectivity index (χ3v) is 11.0. The van der Waals surface area contributed by atoms with Gasteiger partial charge in [-0.05, 0) is 62.8 Å². The minimum atomic E-state index is -0.766. The number of nitrogens with zero attached hydrogens (tertiary/aromatic N) is 4. The number of aliphatic hydroxyl groups excluding tert-OH is 1. The van der Waals surface area contributed by atoms with Crippen molar-refractivity contribution in [2.75, 3.05) is 27.4 Å². The number of pyridine rings is 2. The first-order chi connectivity index (χ1) is 29.6. The molecule has 5 heterocycles. The molecule has 1 amide bonds. The van der Waals surface area contributed by atoms with E-state index in [2.05, 4.69) is 0 Å². The zero-order valence-electron chi connectivity index (χ0n) is 34.3. The van der Waals surface area contributed by atoms with Gasteiger partial charge < -0.3 is 37.8 Å². The molecular formula is C44H44F4N4O10. The molecule has 1 saturated heterocycles. The Kier molecular flexibility index (Phi) is 13.9. The second-order valence-electron chi connectivity index (χ2n) is 14.9. The summed E-state index contributed by atoms with van der Waals surface area (Å²) in [6.07, 6.45) is 5.81. The van der Waals surface area contributed by atoms with Gasteiger partial charge in [0, 0.05) is 68.5 Å². The van der Waals surface area contributed by atoms with Gasteiger partial charge >= 0.3 is 0 Å². The van der Waals surface area contributed by atoms with Gasteiger partial charge in [0.2, 0.25) is 10.9 Å². The third-order valence-electron chi connectivity index (χ3n) is 11.0. The maximum Gasteiger partial charge on any atom is 0.279 e. The highest BCUT2D eigenvalue weighted by Gasteiger charge is 2.41. The lowest BCUT2D eigenvalue weighted by Gasteiger charge is -2.44. The number of ether oxygens (including phenoxy) is 3. The van der Waals surface area contributed by atoms with Crippen molar-refractivity contribution >= 4 is 23.0 Å². The summed E-state index contributed by atoms with van der Waals surface area (Å²) in [6.45, 7) is 4.34. The number of hydrogen-bond donors (Lipinski definition) is 1. The van der Waals surface area contributed by atoms with Crippen LogP contribution in [0.3, 0.4) is 0 Å². The normalized spacial score (nSPS) is 16.2. The van der Waals surface area contributed by atoms with E-state index in [-0.39, 0.29) is 102 Å². The van der Waals surface area contributed by atoms with Gasteiger partial charge in [-0.3, -0.25) is 28.8 Å². The summed E-state index contributed by atoms with van der Waals surface area (Å²) in [5.41, 5.74) is -1.87. The molecule has 62 heavy (non-hydrogen) atoms. The third kappa shape index (κ3) is 9.11. The highest BCUT2D eigenvalue weighted by molar-refractivity contribution is 6.00. The van der Waals surface area contributed by atoms with Crippen LogP contribution >= 0.6 is 0 Å². The molecule has 0 saturated carbocycles. The van der Waals surface area contributed by atoms with Crippen molar-refractivity contribution in [1.82, 2.24) is 18.4 Å². The van der Waals surface area contributed by atoms with Crippen molar-refractivity contribution in [3.8, 4) is 11.5 Å². The molecule has 3 aromatic heterocycles. The average molecular weight is 865 g/mol. The number of benzene rings is 2. The lowest BCUT2D eigenvalue weighted by molar-refractivity contribution is -0.112. The predicted octanol–water partition coefficient (Wildman–Crippen LogP) is 5.05. The van der Waals surface area contributed by atoms with Crippen molar-refractivity contribution in [1.29, 1.82) is 0 Å². The molecule has 2 aliphatic rings. The maximum atomic E-state index is 13.9. The zero-order valence-corrected chi connectivity index (χ0v) is 34.3. The molecule has 1 fully saturated rings. The second kappa shape index (κ2) is 19.1. The van der Waals surface area contributed by atoms with Crippen LogP contribution < -0.4 is 25.9 Å². The number of carbonyl (C=O) groups excluding carboxylic acids is 3. The van der Waals surface area contributed by atoms with Gasteiger partial charge in [0.15, 0.2) is 40.5 Å². The van der Waals surface area contributed by atoms with Gasteiger partial charge in [-0.25, -0.2) is 17.6 Å². The molecule has 18 heteroatoms. The Morgan fingerprint density at radius 2 is 1.40 bits per heavy atom. The molecule has 2 aromatic carbocycles. The van der Waals surface area contributed by atoms with Crippen molar-refractivity contribution in [2.24, 2.45) is 0 Å². The zero-order chi connectivity index (χ0) is 45.0. The fourth-order valence-electron chi connectivity index (χ4n) is 7.58. The van der Waals surface area contributed by atoms with E-state index in [0.29, 0.717) is 19.4 Å². The Labute approximate surface area is 351 Å². The largest absolute Gasteiger partial charge is 0.491 e. The monoisotopic (exact) mass is 864 g/mol. The van der Waals surface area contributed by atoms with Crippen molar-refractivity contribution in [2.45, 2.75) is 77.2 Å². The quantitative estimate of drug-likeness (QED) is 0.125. The first-order valence-corrected chi connectivity index (χ1v) is 19.7. The van der Waals surface area contributed by atoms with Crippen molar-refractivity contribution in [3.05, 3.63) is 143 Å². The van der Waals surface area contributed by atoms with Gasteiger partial charge in [0.05, 0.1) is 38.5 Å². The van der Waals surface area contributed by atoms with Gasteiger partial charge in [-0.15, -0.1) is 0 Å². The van der Waals surface area contributed by atoms with Crippen LogP contribution in [0.5, 0.6) is 11.5 Å². The fraction of sp³-hybridized carbons (Fsp3) is 0.364.